The Morgan fingerprint density at radius 2 is 1.81 bits per heavy atom. The van der Waals surface area contributed by atoms with Crippen LogP contribution in [0.3, 0.4) is 0 Å². The van der Waals surface area contributed by atoms with Crippen molar-refractivity contribution in [2.24, 2.45) is 5.16 Å². The Bertz CT molecular complexity index is 971. The fourth-order valence-corrected chi connectivity index (χ4v) is 3.76. The predicted octanol–water partition coefficient (Wildman–Crippen LogP) is 4.82. The third kappa shape index (κ3) is 2.95. The summed E-state index contributed by atoms with van der Waals surface area (Å²) >= 11 is 11.8. The summed E-state index contributed by atoms with van der Waals surface area (Å²) in [5.41, 5.74) is -1.24. The smallest absolute Gasteiger partial charge is 0.374 e. The Hall–Kier alpha value is -2.25. The molecule has 0 saturated carbocycles. The van der Waals surface area contributed by atoms with Gasteiger partial charge in [-0.1, -0.05) is 40.5 Å². The molecule has 4 nitrogen and oxygen atoms in total. The average Bonchev–Trinajstić information content (AvgIpc) is 3.19. The van der Waals surface area contributed by atoms with Crippen molar-refractivity contribution in [2.75, 3.05) is 0 Å². The molecule has 2 aliphatic heterocycles. The third-order valence-corrected chi connectivity index (χ3v) is 5.08. The highest BCUT2D eigenvalue weighted by molar-refractivity contribution is 6.34. The quantitative estimate of drug-likeness (QED) is 0.765. The molecule has 0 saturated heterocycles. The Kier molecular flexibility index (Phi) is 4.12. The lowest BCUT2D eigenvalue weighted by atomic mass is 9.86. The Morgan fingerprint density at radius 3 is 2.48 bits per heavy atom. The molecule has 2 heterocycles. The lowest BCUT2D eigenvalue weighted by Gasteiger charge is -2.29. The van der Waals surface area contributed by atoms with Gasteiger partial charge in [-0.25, -0.2) is 0 Å². The van der Waals surface area contributed by atoms with E-state index in [4.69, 9.17) is 28.0 Å². The Balaban J connectivity index is 1.74. The summed E-state index contributed by atoms with van der Waals surface area (Å²) in [7, 11) is 0. The van der Waals surface area contributed by atoms with Gasteiger partial charge in [0.2, 0.25) is 0 Å². The van der Waals surface area contributed by atoms with E-state index in [2.05, 4.69) is 10.5 Å². The fraction of sp³-hybridized carbons (Fsp3) is 0.222. The number of carbonyl (C=O) groups is 1. The van der Waals surface area contributed by atoms with Crippen LogP contribution in [0.4, 0.5) is 13.2 Å². The zero-order chi connectivity index (χ0) is 19.4. The lowest BCUT2D eigenvalue weighted by Crippen LogP contribution is -2.42. The van der Waals surface area contributed by atoms with Gasteiger partial charge in [-0.15, -0.1) is 0 Å². The van der Waals surface area contributed by atoms with Gasteiger partial charge < -0.3 is 10.2 Å². The summed E-state index contributed by atoms with van der Waals surface area (Å²) in [5.74, 6) is -0.268. The van der Waals surface area contributed by atoms with Gasteiger partial charge in [0, 0.05) is 39.7 Å². The Morgan fingerprint density at radius 1 is 1.11 bits per heavy atom. The maximum absolute atomic E-state index is 14.0. The summed E-state index contributed by atoms with van der Waals surface area (Å²) < 4.78 is 42.0. The van der Waals surface area contributed by atoms with E-state index in [0.29, 0.717) is 17.7 Å². The number of rotatable bonds is 2. The number of alkyl halides is 3. The van der Waals surface area contributed by atoms with E-state index < -0.39 is 18.2 Å². The standard InChI is InChI=1S/C18H11Cl2F3N2O2/c19-12-4-11(5-13(20)6-12)17(18(21,22)23)7-15(25-27-17)9-1-2-10-8-24-16(26)14(10)3-9/h1-6H,7-8H2,(H,24,26). The highest BCUT2D eigenvalue weighted by atomic mass is 35.5. The van der Waals surface area contributed by atoms with Gasteiger partial charge in [-0.2, -0.15) is 13.2 Å². The molecule has 0 aromatic heterocycles. The third-order valence-electron chi connectivity index (χ3n) is 4.64. The maximum atomic E-state index is 14.0. The van der Waals surface area contributed by atoms with Crippen LogP contribution in [0.25, 0.3) is 0 Å². The molecule has 27 heavy (non-hydrogen) atoms. The van der Waals surface area contributed by atoms with Gasteiger partial charge in [0.15, 0.2) is 0 Å². The van der Waals surface area contributed by atoms with Crippen molar-refractivity contribution >= 4 is 34.8 Å². The number of nitrogens with one attached hydrogen (secondary N) is 1. The van der Waals surface area contributed by atoms with Crippen LogP contribution in [0.5, 0.6) is 0 Å². The molecule has 0 aliphatic carbocycles. The molecule has 1 unspecified atom stereocenters. The van der Waals surface area contributed by atoms with Crippen LogP contribution in [-0.2, 0) is 17.0 Å². The number of carbonyl (C=O) groups excluding carboxylic acids is 1. The van der Waals surface area contributed by atoms with Crippen molar-refractivity contribution in [1.82, 2.24) is 5.32 Å². The first kappa shape index (κ1) is 18.1. The second kappa shape index (κ2) is 6.14. The zero-order valence-electron chi connectivity index (χ0n) is 13.5. The Labute approximate surface area is 161 Å². The molecule has 140 valence electrons. The first-order valence-corrected chi connectivity index (χ1v) is 8.65. The highest BCUT2D eigenvalue weighted by Gasteiger charge is 2.62. The lowest BCUT2D eigenvalue weighted by molar-refractivity contribution is -0.275. The number of nitrogens with zero attached hydrogens (tertiary/aromatic N) is 1. The van der Waals surface area contributed by atoms with Gasteiger partial charge in [0.05, 0.1) is 5.71 Å². The summed E-state index contributed by atoms with van der Waals surface area (Å²) in [4.78, 5) is 16.8. The largest absolute Gasteiger partial charge is 0.435 e. The average molecular weight is 415 g/mol. The second-order valence-corrected chi connectivity index (χ2v) is 7.22. The minimum Gasteiger partial charge on any atom is -0.374 e. The predicted molar refractivity (Wildman–Crippen MR) is 94.0 cm³/mol. The van der Waals surface area contributed by atoms with E-state index in [0.717, 1.165) is 17.7 Å². The summed E-state index contributed by atoms with van der Waals surface area (Å²) in [5, 5.41) is 6.48. The molecule has 1 amide bonds. The molecule has 0 spiro atoms. The van der Waals surface area contributed by atoms with Crippen LogP contribution < -0.4 is 5.32 Å². The van der Waals surface area contributed by atoms with Crippen molar-refractivity contribution in [3.05, 3.63) is 68.7 Å². The summed E-state index contributed by atoms with van der Waals surface area (Å²) in [6.07, 6.45) is -5.33. The van der Waals surface area contributed by atoms with Crippen molar-refractivity contribution in [1.29, 1.82) is 0 Å². The molecule has 9 heteroatoms. The van der Waals surface area contributed by atoms with Crippen molar-refractivity contribution in [3.63, 3.8) is 0 Å². The van der Waals surface area contributed by atoms with E-state index in [9.17, 15) is 18.0 Å². The number of halogens is 5. The molecule has 2 aromatic rings. The van der Waals surface area contributed by atoms with Gasteiger partial charge >= 0.3 is 6.18 Å². The fourth-order valence-electron chi connectivity index (χ4n) is 3.24. The van der Waals surface area contributed by atoms with Crippen LogP contribution in [0, 0.1) is 0 Å². The molecule has 0 bridgehead atoms. The minimum atomic E-state index is -4.76. The molecule has 1 atom stereocenters. The van der Waals surface area contributed by atoms with Crippen LogP contribution in [0.15, 0.2) is 41.6 Å². The normalized spacial score (nSPS) is 21.5. The van der Waals surface area contributed by atoms with Crippen molar-refractivity contribution in [3.8, 4) is 0 Å². The highest BCUT2D eigenvalue weighted by Crippen LogP contribution is 2.49. The summed E-state index contributed by atoms with van der Waals surface area (Å²) in [6.45, 7) is 0.394. The van der Waals surface area contributed by atoms with Crippen LogP contribution in [0.1, 0.15) is 33.5 Å². The van der Waals surface area contributed by atoms with Crippen molar-refractivity contribution < 1.29 is 22.8 Å². The van der Waals surface area contributed by atoms with E-state index in [-0.39, 0.29) is 27.2 Å². The monoisotopic (exact) mass is 414 g/mol. The van der Waals surface area contributed by atoms with Gasteiger partial charge in [0.1, 0.15) is 0 Å². The zero-order valence-corrected chi connectivity index (χ0v) is 15.0. The first-order chi connectivity index (χ1) is 12.7. The number of oxime groups is 1. The number of hydrogen-bond donors (Lipinski definition) is 1. The molecular weight excluding hydrogens is 404 g/mol. The number of benzene rings is 2. The van der Waals surface area contributed by atoms with Crippen LogP contribution in [-0.4, -0.2) is 17.8 Å². The van der Waals surface area contributed by atoms with Crippen LogP contribution >= 0.6 is 23.2 Å². The van der Waals surface area contributed by atoms with E-state index in [1.807, 2.05) is 0 Å². The number of fused-ring (bicyclic) bond motifs is 1. The molecule has 2 aliphatic rings. The molecule has 0 fully saturated rings. The topological polar surface area (TPSA) is 50.7 Å². The number of amides is 1. The first-order valence-electron chi connectivity index (χ1n) is 7.89. The summed E-state index contributed by atoms with van der Waals surface area (Å²) in [6, 6.07) is 8.50. The van der Waals surface area contributed by atoms with E-state index in [1.165, 1.54) is 12.1 Å². The van der Waals surface area contributed by atoms with Gasteiger partial charge in [0.25, 0.3) is 11.5 Å². The molecular formula is C18H11Cl2F3N2O2. The molecule has 4 rings (SSSR count). The van der Waals surface area contributed by atoms with Gasteiger partial charge in [-0.3, -0.25) is 4.79 Å². The second-order valence-electron chi connectivity index (χ2n) is 6.34. The maximum Gasteiger partial charge on any atom is 0.435 e. The minimum absolute atomic E-state index is 0.0624. The number of hydrogen-bond acceptors (Lipinski definition) is 3. The molecule has 2 aromatic carbocycles. The van der Waals surface area contributed by atoms with E-state index >= 15 is 0 Å². The SMILES string of the molecule is O=C1NCc2ccc(C3=NOC(c4cc(Cl)cc(Cl)c4)(C(F)(F)F)C3)cc21. The van der Waals surface area contributed by atoms with Crippen molar-refractivity contribution in [2.45, 2.75) is 24.7 Å². The molecule has 1 N–H and O–H groups in total. The van der Waals surface area contributed by atoms with Gasteiger partial charge in [-0.05, 0) is 29.8 Å². The van der Waals surface area contributed by atoms with Crippen LogP contribution in [0.2, 0.25) is 10.0 Å². The molecule has 0 radical (unpaired) electrons. The van der Waals surface area contributed by atoms with E-state index in [1.54, 1.807) is 12.1 Å².